The lowest BCUT2D eigenvalue weighted by atomic mass is 9.97. The molecular weight excluding hydrogens is 642 g/mol. The van der Waals surface area contributed by atoms with Crippen LogP contribution in [0.4, 0.5) is 16.2 Å². The fourth-order valence-corrected chi connectivity index (χ4v) is 5.22. The van der Waals surface area contributed by atoms with Crippen molar-refractivity contribution in [1.82, 2.24) is 4.90 Å². The quantitative estimate of drug-likeness (QED) is 0.0559. The van der Waals surface area contributed by atoms with Crippen LogP contribution in [0.15, 0.2) is 84.4 Å². The van der Waals surface area contributed by atoms with E-state index in [0.717, 1.165) is 5.76 Å². The second-order valence-electron chi connectivity index (χ2n) is 11.2. The smallest absolute Gasteiger partial charge is 0.410 e. The van der Waals surface area contributed by atoms with Crippen molar-refractivity contribution in [1.29, 1.82) is 0 Å². The van der Waals surface area contributed by atoms with Gasteiger partial charge in [0.2, 0.25) is 0 Å². The Kier molecular flexibility index (Phi) is 12.8. The summed E-state index contributed by atoms with van der Waals surface area (Å²) in [7, 11) is 0. The lowest BCUT2D eigenvalue weighted by molar-refractivity contribution is -0.387. The number of piperidine rings is 1. The largest absolute Gasteiger partial charge is 0.494 e. The highest BCUT2D eigenvalue weighted by molar-refractivity contribution is 5.86. The van der Waals surface area contributed by atoms with Crippen molar-refractivity contribution in [3.63, 3.8) is 0 Å². The van der Waals surface area contributed by atoms with Gasteiger partial charge in [-0.05, 0) is 44.1 Å². The molecule has 1 aliphatic carbocycles. The van der Waals surface area contributed by atoms with Gasteiger partial charge >= 0.3 is 18.0 Å². The van der Waals surface area contributed by atoms with Crippen LogP contribution in [0, 0.1) is 26.1 Å². The van der Waals surface area contributed by atoms with Crippen molar-refractivity contribution >= 4 is 29.4 Å². The molecule has 1 saturated heterocycles. The van der Waals surface area contributed by atoms with E-state index in [-0.39, 0.29) is 62.0 Å². The SMILES string of the molecule is C=C(C)C(=O)OCCOC1=CC=C(OCCOC(=O)C2CCN(C(=O)OC(c3ccccc3[N+](=O)[O-])c3ccccc3[N+](=O)[O-])CC2)CC1. The molecule has 0 unspecified atom stereocenters. The van der Waals surface area contributed by atoms with E-state index in [2.05, 4.69) is 6.58 Å². The monoisotopic (exact) mass is 679 g/mol. The maximum Gasteiger partial charge on any atom is 0.410 e. The lowest BCUT2D eigenvalue weighted by Gasteiger charge is -2.31. The van der Waals surface area contributed by atoms with E-state index in [4.69, 9.17) is 23.7 Å². The van der Waals surface area contributed by atoms with Crippen LogP contribution in [0.2, 0.25) is 0 Å². The summed E-state index contributed by atoms with van der Waals surface area (Å²) in [6, 6.07) is 11.2. The molecule has 49 heavy (non-hydrogen) atoms. The topological polar surface area (TPSA) is 187 Å². The first-order valence-electron chi connectivity index (χ1n) is 15.6. The van der Waals surface area contributed by atoms with Crippen molar-refractivity contribution in [3.05, 3.63) is 116 Å². The number of carbonyl (C=O) groups excluding carboxylic acids is 3. The highest BCUT2D eigenvalue weighted by Gasteiger charge is 2.35. The Hall–Kier alpha value is -5.73. The van der Waals surface area contributed by atoms with Crippen LogP contribution < -0.4 is 0 Å². The van der Waals surface area contributed by atoms with Gasteiger partial charge in [-0.25, -0.2) is 9.59 Å². The highest BCUT2D eigenvalue weighted by atomic mass is 16.6. The average Bonchev–Trinajstić information content (AvgIpc) is 3.11. The minimum Gasteiger partial charge on any atom is -0.494 e. The summed E-state index contributed by atoms with van der Waals surface area (Å²) in [6.07, 6.45) is 3.08. The molecule has 0 aromatic heterocycles. The molecule has 0 radical (unpaired) electrons. The third kappa shape index (κ3) is 10.1. The first-order chi connectivity index (χ1) is 23.5. The molecule has 0 spiro atoms. The van der Waals surface area contributed by atoms with Gasteiger partial charge in [-0.2, -0.15) is 0 Å². The Labute approximate surface area is 282 Å². The van der Waals surface area contributed by atoms with Crippen molar-refractivity contribution in [3.8, 4) is 0 Å². The number of benzene rings is 2. The minimum atomic E-state index is -1.43. The molecule has 1 heterocycles. The standard InChI is InChI=1S/C34H37N3O12/c1-23(2)32(38)47-21-19-45-25-11-13-26(14-12-25)46-20-22-48-33(39)24-15-17-35(18-16-24)34(40)49-31(27-7-3-5-9-29(27)36(41)42)28-8-4-6-10-30(28)37(43)44/h3-11,13,24,31H,1,12,14-22H2,2H3. The fourth-order valence-electron chi connectivity index (χ4n) is 5.22. The van der Waals surface area contributed by atoms with Crippen molar-refractivity contribution < 1.29 is 47.9 Å². The Morgan fingerprint density at radius 3 is 1.78 bits per heavy atom. The number of amides is 1. The maximum absolute atomic E-state index is 13.3. The van der Waals surface area contributed by atoms with E-state index in [1.54, 1.807) is 19.1 Å². The Morgan fingerprint density at radius 1 is 0.816 bits per heavy atom. The van der Waals surface area contributed by atoms with E-state index in [1.807, 2.05) is 0 Å². The normalized spacial score (nSPS) is 14.6. The zero-order chi connectivity index (χ0) is 35.3. The predicted molar refractivity (Wildman–Crippen MR) is 173 cm³/mol. The van der Waals surface area contributed by atoms with Crippen molar-refractivity contribution in [2.45, 2.75) is 38.7 Å². The summed E-state index contributed by atoms with van der Waals surface area (Å²) < 4.78 is 27.4. The van der Waals surface area contributed by atoms with Crippen LogP contribution in [-0.2, 0) is 33.3 Å². The number of para-hydroxylation sites is 2. The third-order valence-corrected chi connectivity index (χ3v) is 7.78. The van der Waals surface area contributed by atoms with Gasteiger partial charge in [0.15, 0.2) is 6.10 Å². The molecule has 1 amide bonds. The number of hydrogen-bond donors (Lipinski definition) is 0. The number of ether oxygens (including phenoxy) is 5. The van der Waals surface area contributed by atoms with Gasteiger partial charge in [-0.3, -0.25) is 25.0 Å². The molecule has 260 valence electrons. The number of nitro groups is 2. The second kappa shape index (κ2) is 17.4. The van der Waals surface area contributed by atoms with Gasteiger partial charge in [0.1, 0.15) is 26.4 Å². The number of hydrogen-bond acceptors (Lipinski definition) is 12. The number of esters is 2. The third-order valence-electron chi connectivity index (χ3n) is 7.78. The van der Waals surface area contributed by atoms with Crippen LogP contribution in [-0.4, -0.2) is 72.3 Å². The molecule has 0 atom stereocenters. The van der Waals surface area contributed by atoms with Crippen LogP contribution in [0.1, 0.15) is 49.8 Å². The molecule has 0 N–H and O–H groups in total. The molecular formula is C34H37N3O12. The first kappa shape index (κ1) is 36.1. The maximum atomic E-state index is 13.3. The molecule has 0 saturated carbocycles. The van der Waals surface area contributed by atoms with Gasteiger partial charge in [-0.1, -0.05) is 30.8 Å². The van der Waals surface area contributed by atoms with Gasteiger partial charge in [0, 0.05) is 43.6 Å². The Bertz CT molecular complexity index is 1570. The van der Waals surface area contributed by atoms with Crippen LogP contribution in [0.25, 0.3) is 0 Å². The summed E-state index contributed by atoms with van der Waals surface area (Å²) in [5.41, 5.74) is -0.404. The summed E-state index contributed by atoms with van der Waals surface area (Å²) in [4.78, 5) is 61.0. The number of rotatable bonds is 15. The Morgan fingerprint density at radius 2 is 1.31 bits per heavy atom. The van der Waals surface area contributed by atoms with E-state index >= 15 is 0 Å². The van der Waals surface area contributed by atoms with Crippen LogP contribution in [0.5, 0.6) is 0 Å². The summed E-state index contributed by atoms with van der Waals surface area (Å²) in [5.74, 6) is 0.0987. The van der Waals surface area contributed by atoms with Gasteiger partial charge in [0.05, 0.1) is 38.4 Å². The molecule has 2 aromatic rings. The molecule has 1 aliphatic heterocycles. The summed E-state index contributed by atoms with van der Waals surface area (Å²) >= 11 is 0. The molecule has 15 nitrogen and oxygen atoms in total. The van der Waals surface area contributed by atoms with Crippen molar-refractivity contribution in [2.24, 2.45) is 5.92 Å². The zero-order valence-electron chi connectivity index (χ0n) is 26.9. The molecule has 15 heteroatoms. The number of allylic oxidation sites excluding steroid dienone is 4. The molecule has 0 bridgehead atoms. The molecule has 2 aliphatic rings. The van der Waals surface area contributed by atoms with E-state index in [0.29, 0.717) is 37.0 Å². The highest BCUT2D eigenvalue weighted by Crippen LogP contribution is 2.37. The minimum absolute atomic E-state index is 0.0107. The van der Waals surface area contributed by atoms with Gasteiger partial charge in [-0.15, -0.1) is 0 Å². The number of likely N-dealkylation sites (tertiary alicyclic amines) is 1. The van der Waals surface area contributed by atoms with Gasteiger partial charge in [0.25, 0.3) is 11.4 Å². The zero-order valence-corrected chi connectivity index (χ0v) is 26.9. The first-order valence-corrected chi connectivity index (χ1v) is 15.6. The van der Waals surface area contributed by atoms with E-state index in [9.17, 15) is 34.6 Å². The van der Waals surface area contributed by atoms with Crippen molar-refractivity contribution in [2.75, 3.05) is 39.5 Å². The van der Waals surface area contributed by atoms with Crippen LogP contribution in [0.3, 0.4) is 0 Å². The molecule has 4 rings (SSSR count). The fraction of sp³-hybridized carbons (Fsp3) is 0.382. The number of nitrogens with zero attached hydrogens (tertiary/aromatic N) is 3. The van der Waals surface area contributed by atoms with Gasteiger partial charge < -0.3 is 28.6 Å². The Balaban J connectivity index is 1.24. The summed E-state index contributed by atoms with van der Waals surface area (Å²) in [6.45, 7) is 5.92. The number of carbonyl (C=O) groups is 3. The van der Waals surface area contributed by atoms with E-state index < -0.39 is 39.9 Å². The van der Waals surface area contributed by atoms with Crippen LogP contribution >= 0.6 is 0 Å². The summed E-state index contributed by atoms with van der Waals surface area (Å²) in [5, 5.41) is 23.5. The average molecular weight is 680 g/mol. The molecule has 1 fully saturated rings. The molecule has 2 aromatic carbocycles. The lowest BCUT2D eigenvalue weighted by Crippen LogP contribution is -2.41. The second-order valence-corrected chi connectivity index (χ2v) is 11.2. The number of nitro benzene ring substituents is 2. The van der Waals surface area contributed by atoms with E-state index in [1.165, 1.54) is 53.4 Å². The predicted octanol–water partition coefficient (Wildman–Crippen LogP) is 5.70.